The third kappa shape index (κ3) is 2.06. The van der Waals surface area contributed by atoms with Gasteiger partial charge >= 0.3 is 10.1 Å². The number of allylic oxidation sites excluding steroid dienone is 1. The fourth-order valence-corrected chi connectivity index (χ4v) is 4.85. The topological polar surface area (TPSA) is 46.6 Å². The average molecular weight is 292 g/mol. The molecule has 3 rings (SSSR count). The predicted octanol–water partition coefficient (Wildman–Crippen LogP) is 2.20. The van der Waals surface area contributed by atoms with Gasteiger partial charge in [-0.05, 0) is 50.8 Å². The number of nitrogens with zero attached hydrogens (tertiary/aromatic N) is 1. The van der Waals surface area contributed by atoms with Crippen molar-refractivity contribution in [3.8, 4) is 0 Å². The standard InChI is InChI=1S/C12H18ClNO3S/c13-12-11(14-7-3-4-8-14)9-5-1-2-6-10(9)17-18(12,15)16/h11-12H,1-8H2. The molecule has 0 saturated carbocycles. The number of hydrogen-bond donors (Lipinski definition) is 0. The van der Waals surface area contributed by atoms with E-state index < -0.39 is 14.8 Å². The summed E-state index contributed by atoms with van der Waals surface area (Å²) in [7, 11) is -3.65. The van der Waals surface area contributed by atoms with Gasteiger partial charge in [0.05, 0.1) is 6.04 Å². The van der Waals surface area contributed by atoms with Crippen LogP contribution in [0.25, 0.3) is 0 Å². The van der Waals surface area contributed by atoms with Crippen LogP contribution in [0.5, 0.6) is 0 Å². The van der Waals surface area contributed by atoms with Crippen molar-refractivity contribution in [3.05, 3.63) is 11.3 Å². The molecule has 0 aromatic rings. The smallest absolute Gasteiger partial charge is 0.327 e. The van der Waals surface area contributed by atoms with E-state index in [1.807, 2.05) is 0 Å². The van der Waals surface area contributed by atoms with E-state index in [-0.39, 0.29) is 6.04 Å². The Morgan fingerprint density at radius 2 is 1.78 bits per heavy atom. The molecule has 2 heterocycles. The van der Waals surface area contributed by atoms with Crippen LogP contribution >= 0.6 is 11.6 Å². The van der Waals surface area contributed by atoms with E-state index in [9.17, 15) is 8.42 Å². The summed E-state index contributed by atoms with van der Waals surface area (Å²) >= 11 is 6.19. The van der Waals surface area contributed by atoms with E-state index in [4.69, 9.17) is 15.8 Å². The zero-order chi connectivity index (χ0) is 12.8. The Morgan fingerprint density at radius 3 is 2.50 bits per heavy atom. The summed E-state index contributed by atoms with van der Waals surface area (Å²) in [5.41, 5.74) is 1.14. The fraction of sp³-hybridized carbons (Fsp3) is 0.833. The van der Waals surface area contributed by atoms with Crippen LogP contribution < -0.4 is 0 Å². The number of rotatable bonds is 1. The highest BCUT2D eigenvalue weighted by Crippen LogP contribution is 2.40. The molecule has 6 heteroatoms. The van der Waals surface area contributed by atoms with E-state index in [1.165, 1.54) is 0 Å². The molecule has 0 bridgehead atoms. The van der Waals surface area contributed by atoms with Crippen LogP contribution in [-0.4, -0.2) is 37.2 Å². The zero-order valence-corrected chi connectivity index (χ0v) is 11.8. The van der Waals surface area contributed by atoms with Crippen LogP contribution in [0.3, 0.4) is 0 Å². The molecule has 4 nitrogen and oxygen atoms in total. The largest absolute Gasteiger partial charge is 0.386 e. The van der Waals surface area contributed by atoms with Crippen LogP contribution in [0.2, 0.25) is 0 Å². The molecule has 0 aromatic carbocycles. The number of likely N-dealkylation sites (tertiary alicyclic amines) is 1. The first kappa shape index (κ1) is 12.8. The Labute approximate surface area is 113 Å². The monoisotopic (exact) mass is 291 g/mol. The van der Waals surface area contributed by atoms with Crippen molar-refractivity contribution in [1.82, 2.24) is 4.90 Å². The Kier molecular flexibility index (Phi) is 3.32. The molecular weight excluding hydrogens is 274 g/mol. The highest BCUT2D eigenvalue weighted by Gasteiger charge is 2.46. The van der Waals surface area contributed by atoms with Crippen molar-refractivity contribution in [1.29, 1.82) is 0 Å². The van der Waals surface area contributed by atoms with Crippen LogP contribution in [0.1, 0.15) is 38.5 Å². The third-order valence-electron chi connectivity index (χ3n) is 4.09. The van der Waals surface area contributed by atoms with Crippen molar-refractivity contribution >= 4 is 21.7 Å². The second-order valence-corrected chi connectivity index (χ2v) is 7.66. The van der Waals surface area contributed by atoms with Gasteiger partial charge in [-0.25, -0.2) is 0 Å². The zero-order valence-electron chi connectivity index (χ0n) is 10.3. The van der Waals surface area contributed by atoms with Gasteiger partial charge in [-0.3, -0.25) is 4.90 Å². The highest BCUT2D eigenvalue weighted by atomic mass is 35.5. The summed E-state index contributed by atoms with van der Waals surface area (Å²) in [4.78, 5) is 2.22. The van der Waals surface area contributed by atoms with Crippen molar-refractivity contribution < 1.29 is 12.6 Å². The minimum atomic E-state index is -3.65. The molecule has 1 aliphatic carbocycles. The van der Waals surface area contributed by atoms with Crippen LogP contribution in [-0.2, 0) is 14.3 Å². The van der Waals surface area contributed by atoms with Crippen LogP contribution in [0.15, 0.2) is 11.3 Å². The van der Waals surface area contributed by atoms with Crippen molar-refractivity contribution in [3.63, 3.8) is 0 Å². The van der Waals surface area contributed by atoms with Gasteiger partial charge in [0.2, 0.25) is 0 Å². The molecule has 3 aliphatic rings. The van der Waals surface area contributed by atoms with Crippen molar-refractivity contribution in [2.45, 2.75) is 49.3 Å². The molecule has 0 aromatic heterocycles. The second kappa shape index (κ2) is 4.69. The summed E-state index contributed by atoms with van der Waals surface area (Å²) in [6.07, 6.45) is 6.04. The molecule has 0 amide bonds. The maximum Gasteiger partial charge on any atom is 0.327 e. The Balaban J connectivity index is 2.00. The minimum Gasteiger partial charge on any atom is -0.386 e. The highest BCUT2D eigenvalue weighted by molar-refractivity contribution is 7.88. The molecule has 2 atom stereocenters. The maximum absolute atomic E-state index is 12.0. The summed E-state index contributed by atoms with van der Waals surface area (Å²) in [6.45, 7) is 1.89. The Hall–Kier alpha value is -0.260. The quantitative estimate of drug-likeness (QED) is 0.549. The van der Waals surface area contributed by atoms with E-state index in [2.05, 4.69) is 4.90 Å². The lowest BCUT2D eigenvalue weighted by Crippen LogP contribution is -2.48. The lowest BCUT2D eigenvalue weighted by molar-refractivity contribution is 0.237. The van der Waals surface area contributed by atoms with Gasteiger partial charge in [-0.1, -0.05) is 11.6 Å². The lowest BCUT2D eigenvalue weighted by atomic mass is 9.92. The summed E-state index contributed by atoms with van der Waals surface area (Å²) in [5, 5.41) is 0. The Morgan fingerprint density at radius 1 is 1.11 bits per heavy atom. The SMILES string of the molecule is O=S1(=O)OC2=C(CCCC2)C(N2CCCC2)C1Cl. The van der Waals surface area contributed by atoms with E-state index in [0.29, 0.717) is 5.76 Å². The normalized spacial score (nSPS) is 36.3. The van der Waals surface area contributed by atoms with Gasteiger partial charge in [0.25, 0.3) is 0 Å². The number of alkyl halides is 1. The molecule has 0 radical (unpaired) electrons. The van der Waals surface area contributed by atoms with Crippen LogP contribution in [0, 0.1) is 0 Å². The third-order valence-corrected chi connectivity index (χ3v) is 6.23. The first-order valence-corrected chi connectivity index (χ1v) is 8.54. The van der Waals surface area contributed by atoms with Gasteiger partial charge in [-0.2, -0.15) is 8.42 Å². The summed E-state index contributed by atoms with van der Waals surface area (Å²) in [6, 6.07) is -0.164. The number of halogens is 1. The molecule has 1 fully saturated rings. The summed E-state index contributed by atoms with van der Waals surface area (Å²) in [5.74, 6) is 0.676. The first-order valence-electron chi connectivity index (χ1n) is 6.63. The lowest BCUT2D eigenvalue weighted by Gasteiger charge is -2.39. The fourth-order valence-electron chi connectivity index (χ4n) is 3.22. The predicted molar refractivity (Wildman–Crippen MR) is 69.7 cm³/mol. The van der Waals surface area contributed by atoms with Gasteiger partial charge < -0.3 is 4.18 Å². The van der Waals surface area contributed by atoms with Crippen molar-refractivity contribution in [2.75, 3.05) is 13.1 Å². The van der Waals surface area contributed by atoms with E-state index >= 15 is 0 Å². The molecule has 0 N–H and O–H groups in total. The first-order chi connectivity index (χ1) is 8.59. The van der Waals surface area contributed by atoms with Gasteiger partial charge in [0, 0.05) is 6.42 Å². The Bertz CT molecular complexity index is 468. The molecule has 2 unspecified atom stereocenters. The molecule has 1 saturated heterocycles. The molecule has 2 aliphatic heterocycles. The second-order valence-electron chi connectivity index (χ2n) is 5.27. The van der Waals surface area contributed by atoms with Crippen LogP contribution in [0.4, 0.5) is 0 Å². The van der Waals surface area contributed by atoms with Crippen molar-refractivity contribution in [2.24, 2.45) is 0 Å². The summed E-state index contributed by atoms with van der Waals surface area (Å²) < 4.78 is 28.2. The van der Waals surface area contributed by atoms with Gasteiger partial charge in [-0.15, -0.1) is 0 Å². The molecular formula is C12H18ClNO3S. The van der Waals surface area contributed by atoms with E-state index in [0.717, 1.165) is 57.2 Å². The molecule has 102 valence electrons. The van der Waals surface area contributed by atoms with E-state index in [1.54, 1.807) is 0 Å². The molecule has 0 spiro atoms. The number of hydrogen-bond acceptors (Lipinski definition) is 4. The van der Waals surface area contributed by atoms with Gasteiger partial charge in [0.1, 0.15) is 5.76 Å². The average Bonchev–Trinajstić information content (AvgIpc) is 2.84. The maximum atomic E-state index is 12.0. The molecule has 18 heavy (non-hydrogen) atoms. The minimum absolute atomic E-state index is 0.164. The van der Waals surface area contributed by atoms with Gasteiger partial charge in [0.15, 0.2) is 4.71 Å².